The molecule has 0 aliphatic carbocycles. The van der Waals surface area contributed by atoms with Crippen molar-refractivity contribution >= 4 is 40.7 Å². The smallest absolute Gasteiger partial charge is 0.320 e. The Morgan fingerprint density at radius 2 is 2.29 bits per heavy atom. The SMILES string of the molecule is N#CSc1nc(Nc2ccc(F)c(Cl)c2)ncc1[N+](=O)[O-]. The van der Waals surface area contributed by atoms with Gasteiger partial charge < -0.3 is 5.32 Å². The number of nitriles is 1. The molecule has 0 aliphatic heterocycles. The topological polar surface area (TPSA) is 105 Å². The Morgan fingerprint density at radius 1 is 1.52 bits per heavy atom. The molecule has 0 radical (unpaired) electrons. The van der Waals surface area contributed by atoms with Gasteiger partial charge in [0, 0.05) is 17.4 Å². The quantitative estimate of drug-likeness (QED) is 0.301. The number of hydrogen-bond donors (Lipinski definition) is 1. The first-order chi connectivity index (χ1) is 10.0. The molecule has 1 aromatic heterocycles. The van der Waals surface area contributed by atoms with E-state index in [4.69, 9.17) is 16.9 Å². The molecule has 2 rings (SSSR count). The van der Waals surface area contributed by atoms with Crippen LogP contribution < -0.4 is 5.32 Å². The molecule has 1 N–H and O–H groups in total. The minimum absolute atomic E-state index is 0.0287. The number of anilines is 2. The van der Waals surface area contributed by atoms with Crippen molar-refractivity contribution in [1.82, 2.24) is 9.97 Å². The number of nitro groups is 1. The molecule has 0 unspecified atom stereocenters. The van der Waals surface area contributed by atoms with Crippen LogP contribution in [-0.4, -0.2) is 14.9 Å². The van der Waals surface area contributed by atoms with Gasteiger partial charge in [0.25, 0.3) is 0 Å². The second-order valence-corrected chi connectivity index (χ2v) is 4.77. The summed E-state index contributed by atoms with van der Waals surface area (Å²) in [5.74, 6) is -0.548. The molecule has 0 aliphatic rings. The summed E-state index contributed by atoms with van der Waals surface area (Å²) in [7, 11) is 0. The highest BCUT2D eigenvalue weighted by atomic mass is 35.5. The van der Waals surface area contributed by atoms with Crippen LogP contribution >= 0.6 is 23.4 Å². The maximum absolute atomic E-state index is 13.0. The maximum atomic E-state index is 13.0. The molecule has 1 heterocycles. The molecule has 10 heteroatoms. The zero-order valence-corrected chi connectivity index (χ0v) is 11.7. The molecule has 21 heavy (non-hydrogen) atoms. The van der Waals surface area contributed by atoms with Crippen LogP contribution in [0.2, 0.25) is 5.02 Å². The molecule has 0 spiro atoms. The Bertz CT molecular complexity index is 752. The van der Waals surface area contributed by atoms with Crippen molar-refractivity contribution in [2.45, 2.75) is 5.03 Å². The third-order valence-corrected chi connectivity index (χ3v) is 3.13. The lowest BCUT2D eigenvalue weighted by molar-refractivity contribution is -0.388. The van der Waals surface area contributed by atoms with E-state index in [9.17, 15) is 14.5 Å². The standard InChI is InChI=1S/C11H5ClFN5O2S/c12-7-3-6(1-2-8(7)13)16-11-15-4-9(18(19)20)10(17-11)21-5-14/h1-4H,(H,15,16,17). The molecular formula is C11H5ClFN5O2S. The van der Waals surface area contributed by atoms with Gasteiger partial charge >= 0.3 is 5.69 Å². The zero-order valence-electron chi connectivity index (χ0n) is 10.1. The van der Waals surface area contributed by atoms with E-state index in [0.29, 0.717) is 17.4 Å². The van der Waals surface area contributed by atoms with Crippen LogP contribution in [0.5, 0.6) is 0 Å². The average molecular weight is 326 g/mol. The van der Waals surface area contributed by atoms with Crippen molar-refractivity contribution in [3.05, 3.63) is 45.4 Å². The molecule has 7 nitrogen and oxygen atoms in total. The summed E-state index contributed by atoms with van der Waals surface area (Å²) in [6.07, 6.45) is 0.986. The molecular weight excluding hydrogens is 321 g/mol. The first-order valence-electron chi connectivity index (χ1n) is 5.30. The van der Waals surface area contributed by atoms with E-state index in [2.05, 4.69) is 15.3 Å². The summed E-state index contributed by atoms with van der Waals surface area (Å²) < 4.78 is 13.0. The third-order valence-electron chi connectivity index (χ3n) is 2.25. The van der Waals surface area contributed by atoms with Gasteiger partial charge in [0.1, 0.15) is 17.4 Å². The Morgan fingerprint density at radius 3 is 2.90 bits per heavy atom. The van der Waals surface area contributed by atoms with Crippen molar-refractivity contribution in [1.29, 1.82) is 5.26 Å². The molecule has 1 aromatic carbocycles. The average Bonchev–Trinajstić information content (AvgIpc) is 2.43. The van der Waals surface area contributed by atoms with Crippen molar-refractivity contribution in [3.63, 3.8) is 0 Å². The Balaban J connectivity index is 2.32. The number of thioether (sulfide) groups is 1. The number of rotatable bonds is 4. The van der Waals surface area contributed by atoms with E-state index in [1.54, 1.807) is 5.40 Å². The lowest BCUT2D eigenvalue weighted by Crippen LogP contribution is -2.01. The maximum Gasteiger partial charge on any atom is 0.320 e. The van der Waals surface area contributed by atoms with Gasteiger partial charge in [-0.05, 0) is 18.2 Å². The fourth-order valence-electron chi connectivity index (χ4n) is 1.37. The summed E-state index contributed by atoms with van der Waals surface area (Å²) in [6.45, 7) is 0. The highest BCUT2D eigenvalue weighted by Gasteiger charge is 2.18. The second-order valence-electron chi connectivity index (χ2n) is 3.59. The first-order valence-corrected chi connectivity index (χ1v) is 6.50. The minimum Gasteiger partial charge on any atom is -0.324 e. The summed E-state index contributed by atoms with van der Waals surface area (Å²) in [4.78, 5) is 17.7. The number of halogens is 2. The van der Waals surface area contributed by atoms with Crippen LogP contribution in [0.1, 0.15) is 0 Å². The van der Waals surface area contributed by atoms with Crippen LogP contribution in [0.4, 0.5) is 21.7 Å². The number of nitrogens with zero attached hydrogens (tertiary/aromatic N) is 4. The zero-order chi connectivity index (χ0) is 15.4. The van der Waals surface area contributed by atoms with E-state index in [1.807, 2.05) is 0 Å². The molecule has 0 bridgehead atoms. The fourth-order valence-corrected chi connectivity index (χ4v) is 2.00. The van der Waals surface area contributed by atoms with Crippen LogP contribution in [0, 0.1) is 26.6 Å². The lowest BCUT2D eigenvalue weighted by atomic mass is 10.3. The summed E-state index contributed by atoms with van der Waals surface area (Å²) in [6, 6.07) is 3.88. The number of hydrogen-bond acceptors (Lipinski definition) is 7. The highest BCUT2D eigenvalue weighted by Crippen LogP contribution is 2.28. The van der Waals surface area contributed by atoms with Crippen molar-refractivity contribution < 1.29 is 9.31 Å². The van der Waals surface area contributed by atoms with Gasteiger partial charge in [-0.1, -0.05) is 11.6 Å². The molecule has 0 amide bonds. The Hall–Kier alpha value is -2.44. The van der Waals surface area contributed by atoms with Gasteiger partial charge in [0.15, 0.2) is 5.03 Å². The molecule has 0 atom stereocenters. The van der Waals surface area contributed by atoms with Crippen molar-refractivity contribution in [2.75, 3.05) is 5.32 Å². The summed E-state index contributed by atoms with van der Waals surface area (Å²) >= 11 is 6.18. The van der Waals surface area contributed by atoms with E-state index in [-0.39, 0.29) is 21.7 Å². The number of nitrogens with one attached hydrogen (secondary N) is 1. The van der Waals surface area contributed by atoms with E-state index < -0.39 is 10.7 Å². The van der Waals surface area contributed by atoms with Crippen molar-refractivity contribution in [3.8, 4) is 5.40 Å². The van der Waals surface area contributed by atoms with Gasteiger partial charge in [0.05, 0.1) is 9.95 Å². The molecule has 2 aromatic rings. The van der Waals surface area contributed by atoms with Gasteiger partial charge in [-0.15, -0.1) is 0 Å². The molecule has 0 saturated carbocycles. The van der Waals surface area contributed by atoms with Crippen molar-refractivity contribution in [2.24, 2.45) is 0 Å². The minimum atomic E-state index is -0.682. The van der Waals surface area contributed by atoms with E-state index in [0.717, 1.165) is 12.3 Å². The Labute approximate surface area is 126 Å². The third kappa shape index (κ3) is 3.56. The summed E-state index contributed by atoms with van der Waals surface area (Å²) in [5, 5.41) is 23.6. The number of thiocyanates is 1. The predicted octanol–water partition coefficient (Wildman–Crippen LogP) is 3.49. The van der Waals surface area contributed by atoms with Gasteiger partial charge in [-0.2, -0.15) is 10.2 Å². The predicted molar refractivity (Wildman–Crippen MR) is 74.8 cm³/mol. The lowest BCUT2D eigenvalue weighted by Gasteiger charge is -2.06. The molecule has 0 saturated heterocycles. The highest BCUT2D eigenvalue weighted by molar-refractivity contribution is 8.03. The summed E-state index contributed by atoms with van der Waals surface area (Å²) in [5.41, 5.74) is 0.0346. The van der Waals surface area contributed by atoms with E-state index in [1.165, 1.54) is 12.1 Å². The Kier molecular flexibility index (Phi) is 4.52. The molecule has 0 fully saturated rings. The van der Waals surface area contributed by atoms with E-state index >= 15 is 0 Å². The number of aromatic nitrogens is 2. The number of benzene rings is 1. The fraction of sp³-hybridized carbons (Fsp3) is 0. The van der Waals surface area contributed by atoms with Crippen LogP contribution in [-0.2, 0) is 0 Å². The second kappa shape index (κ2) is 6.34. The van der Waals surface area contributed by atoms with Crippen LogP contribution in [0.15, 0.2) is 29.4 Å². The van der Waals surface area contributed by atoms with Gasteiger partial charge in [0.2, 0.25) is 5.95 Å². The van der Waals surface area contributed by atoms with Gasteiger partial charge in [-0.3, -0.25) is 10.1 Å². The first kappa shape index (κ1) is 15.0. The normalized spacial score (nSPS) is 9.95. The molecule has 106 valence electrons. The monoisotopic (exact) mass is 325 g/mol. The van der Waals surface area contributed by atoms with Crippen LogP contribution in [0.25, 0.3) is 0 Å². The van der Waals surface area contributed by atoms with Crippen LogP contribution in [0.3, 0.4) is 0 Å². The van der Waals surface area contributed by atoms with Gasteiger partial charge in [-0.25, -0.2) is 9.37 Å². The largest absolute Gasteiger partial charge is 0.324 e.